The fourth-order valence-electron chi connectivity index (χ4n) is 2.36. The Morgan fingerprint density at radius 2 is 1.16 bits per heavy atom. The molecule has 0 unspecified atom stereocenters. The molecule has 1 aromatic rings. The number of hydrogen-bond donors (Lipinski definition) is 2. The van der Waals surface area contributed by atoms with Gasteiger partial charge in [-0.15, -0.1) is 0 Å². The van der Waals surface area contributed by atoms with Crippen LogP contribution in [0.2, 0.25) is 0 Å². The summed E-state index contributed by atoms with van der Waals surface area (Å²) in [6.45, 7) is 0. The third-order valence-corrected chi connectivity index (χ3v) is 4.74. The normalized spacial score (nSPS) is 18.2. The van der Waals surface area contributed by atoms with Crippen LogP contribution in [0.4, 0.5) is 0 Å². The zero-order valence-electron chi connectivity index (χ0n) is 12.2. The molecule has 3 rings (SSSR count). The molecule has 3 N–H and O–H groups in total. The highest BCUT2D eigenvalue weighted by atomic mass is 35.5. The number of carbonyl (C=O) groups is 4. The van der Waals surface area contributed by atoms with Crippen LogP contribution in [-0.2, 0) is 9.59 Å². The molecular weight excluding hydrogens is 391 g/mol. The van der Waals surface area contributed by atoms with Crippen molar-refractivity contribution in [3.63, 3.8) is 0 Å². The quantitative estimate of drug-likeness (QED) is 0.740. The first kappa shape index (κ1) is 17.4. The van der Waals surface area contributed by atoms with Crippen LogP contribution < -0.4 is 11.1 Å². The summed E-state index contributed by atoms with van der Waals surface area (Å²) in [5.41, 5.74) is 4.30. The molecule has 0 aliphatic heterocycles. The maximum Gasteiger partial charge on any atom is 0.224 e. The summed E-state index contributed by atoms with van der Waals surface area (Å²) in [5, 5.41) is 0.868. The van der Waals surface area contributed by atoms with Gasteiger partial charge >= 0.3 is 0 Å². The fraction of sp³-hybridized carbons (Fsp3) is 0. The molecule has 126 valence electrons. The number of nitrogens with two attached hydrogens (primary N) is 1. The predicted molar refractivity (Wildman–Crippen MR) is 91.1 cm³/mol. The minimum absolute atomic E-state index is 0.104. The lowest BCUT2D eigenvalue weighted by atomic mass is 9.92. The van der Waals surface area contributed by atoms with Gasteiger partial charge in [0.25, 0.3) is 0 Å². The molecule has 2 aliphatic rings. The molecule has 1 aromatic carbocycles. The Morgan fingerprint density at radius 3 is 1.76 bits per heavy atom. The van der Waals surface area contributed by atoms with E-state index in [1.165, 1.54) is 12.1 Å². The van der Waals surface area contributed by atoms with E-state index in [9.17, 15) is 19.2 Å². The maximum atomic E-state index is 12.6. The average molecular weight is 398 g/mol. The van der Waals surface area contributed by atoms with Crippen LogP contribution in [0, 0.1) is 0 Å². The van der Waals surface area contributed by atoms with Crippen LogP contribution >= 0.6 is 34.8 Å². The van der Waals surface area contributed by atoms with E-state index in [-0.39, 0.29) is 16.8 Å². The largest absolute Gasteiger partial charge is 0.394 e. The molecule has 0 atom stereocenters. The molecule has 0 amide bonds. The lowest BCUT2D eigenvalue weighted by Gasteiger charge is -2.22. The zero-order chi connectivity index (χ0) is 18.5. The summed E-state index contributed by atoms with van der Waals surface area (Å²) < 4.78 is 0. The number of rotatable bonds is 2. The molecule has 0 saturated heterocycles. The minimum Gasteiger partial charge on any atom is -0.394 e. The van der Waals surface area contributed by atoms with Crippen molar-refractivity contribution in [2.24, 2.45) is 5.73 Å². The standard InChI is InChI=1S/C16H7Cl3N2O4/c17-7-10(20)15(24)9(19)12(16(7)25)21-11-8(18)13(22)5-3-1-2-4-6(5)14(11)23/h1-4,21H,20H2. The highest BCUT2D eigenvalue weighted by Crippen LogP contribution is 2.31. The van der Waals surface area contributed by atoms with Crippen molar-refractivity contribution in [2.45, 2.75) is 0 Å². The average Bonchev–Trinajstić information content (AvgIpc) is 2.62. The Labute approximate surface area is 155 Å². The number of benzene rings is 1. The van der Waals surface area contributed by atoms with Gasteiger partial charge in [-0.3, -0.25) is 19.2 Å². The van der Waals surface area contributed by atoms with E-state index < -0.39 is 49.6 Å². The molecule has 6 nitrogen and oxygen atoms in total. The Kier molecular flexibility index (Phi) is 4.28. The predicted octanol–water partition coefficient (Wildman–Crippen LogP) is 2.12. The van der Waals surface area contributed by atoms with Crippen molar-refractivity contribution in [1.82, 2.24) is 5.32 Å². The highest BCUT2D eigenvalue weighted by molar-refractivity contribution is 6.56. The topological polar surface area (TPSA) is 106 Å². The Balaban J connectivity index is 2.08. The Bertz CT molecular complexity index is 989. The second-order valence-corrected chi connectivity index (χ2v) is 6.23. The lowest BCUT2D eigenvalue weighted by molar-refractivity contribution is -0.116. The van der Waals surface area contributed by atoms with E-state index in [0.717, 1.165) is 0 Å². The minimum atomic E-state index is -0.889. The lowest BCUT2D eigenvalue weighted by Crippen LogP contribution is -2.35. The van der Waals surface area contributed by atoms with Gasteiger partial charge in [0.1, 0.15) is 32.2 Å². The second-order valence-electron chi connectivity index (χ2n) is 5.09. The number of ketones is 4. The van der Waals surface area contributed by atoms with Crippen molar-refractivity contribution < 1.29 is 19.2 Å². The van der Waals surface area contributed by atoms with Gasteiger partial charge < -0.3 is 11.1 Å². The van der Waals surface area contributed by atoms with Crippen LogP contribution in [0.1, 0.15) is 20.7 Å². The summed E-state index contributed by atoms with van der Waals surface area (Å²) in [5.74, 6) is -3.00. The van der Waals surface area contributed by atoms with Gasteiger partial charge in [0.15, 0.2) is 0 Å². The van der Waals surface area contributed by atoms with E-state index >= 15 is 0 Å². The van der Waals surface area contributed by atoms with Crippen LogP contribution in [0.3, 0.4) is 0 Å². The third-order valence-electron chi connectivity index (χ3n) is 3.64. The zero-order valence-corrected chi connectivity index (χ0v) is 14.4. The summed E-state index contributed by atoms with van der Waals surface area (Å²) in [6, 6.07) is 6.05. The summed E-state index contributed by atoms with van der Waals surface area (Å²) in [7, 11) is 0. The third kappa shape index (κ3) is 2.59. The second kappa shape index (κ2) is 6.15. The first-order valence-electron chi connectivity index (χ1n) is 6.75. The first-order valence-corrected chi connectivity index (χ1v) is 7.88. The van der Waals surface area contributed by atoms with Gasteiger partial charge in [0, 0.05) is 11.1 Å². The van der Waals surface area contributed by atoms with E-state index in [1.54, 1.807) is 12.1 Å². The molecular formula is C16H7Cl3N2O4. The van der Waals surface area contributed by atoms with Crippen molar-refractivity contribution in [1.29, 1.82) is 0 Å². The summed E-state index contributed by atoms with van der Waals surface area (Å²) in [6.07, 6.45) is 0. The number of Topliss-reactive ketones (excluding diaryl/α,β-unsaturated/α-hetero) is 4. The van der Waals surface area contributed by atoms with Gasteiger partial charge in [-0.25, -0.2) is 0 Å². The summed E-state index contributed by atoms with van der Waals surface area (Å²) >= 11 is 17.6. The van der Waals surface area contributed by atoms with Crippen molar-refractivity contribution >= 4 is 57.9 Å². The number of halogens is 3. The van der Waals surface area contributed by atoms with E-state index in [4.69, 9.17) is 40.5 Å². The monoisotopic (exact) mass is 396 g/mol. The molecule has 0 spiro atoms. The van der Waals surface area contributed by atoms with E-state index in [2.05, 4.69) is 5.32 Å². The molecule has 0 aromatic heterocycles. The van der Waals surface area contributed by atoms with Crippen LogP contribution in [-0.4, -0.2) is 23.1 Å². The number of nitrogens with one attached hydrogen (secondary N) is 1. The van der Waals surface area contributed by atoms with E-state index in [0.29, 0.717) is 0 Å². The number of hydrogen-bond acceptors (Lipinski definition) is 6. The van der Waals surface area contributed by atoms with Crippen molar-refractivity contribution in [2.75, 3.05) is 0 Å². The van der Waals surface area contributed by atoms with Crippen LogP contribution in [0.5, 0.6) is 0 Å². The molecule has 9 heteroatoms. The summed E-state index contributed by atoms with van der Waals surface area (Å²) in [4.78, 5) is 49.0. The van der Waals surface area contributed by atoms with Crippen molar-refractivity contribution in [3.05, 3.63) is 67.6 Å². The van der Waals surface area contributed by atoms with E-state index in [1.807, 2.05) is 0 Å². The number of fused-ring (bicyclic) bond motifs is 1. The first-order chi connectivity index (χ1) is 11.8. The van der Waals surface area contributed by atoms with Gasteiger partial charge in [-0.05, 0) is 0 Å². The molecule has 0 saturated carbocycles. The number of carbonyl (C=O) groups excluding carboxylic acids is 4. The molecule has 25 heavy (non-hydrogen) atoms. The molecule has 0 radical (unpaired) electrons. The molecule has 0 bridgehead atoms. The molecule has 2 aliphatic carbocycles. The highest BCUT2D eigenvalue weighted by Gasteiger charge is 2.36. The van der Waals surface area contributed by atoms with Gasteiger partial charge in [0.05, 0.1) is 0 Å². The van der Waals surface area contributed by atoms with Gasteiger partial charge in [0.2, 0.25) is 23.1 Å². The maximum absolute atomic E-state index is 12.6. The Hall–Kier alpha value is -2.41. The molecule has 0 fully saturated rings. The van der Waals surface area contributed by atoms with Gasteiger partial charge in [-0.1, -0.05) is 59.1 Å². The van der Waals surface area contributed by atoms with Crippen molar-refractivity contribution in [3.8, 4) is 0 Å². The van der Waals surface area contributed by atoms with Crippen LogP contribution in [0.15, 0.2) is 56.5 Å². The van der Waals surface area contributed by atoms with Gasteiger partial charge in [-0.2, -0.15) is 0 Å². The smallest absolute Gasteiger partial charge is 0.224 e. The molecule has 0 heterocycles. The fourth-order valence-corrected chi connectivity index (χ4v) is 3.01. The Morgan fingerprint density at radius 1 is 0.680 bits per heavy atom. The van der Waals surface area contributed by atoms with Crippen LogP contribution in [0.25, 0.3) is 0 Å². The number of allylic oxidation sites excluding steroid dienone is 4. The SMILES string of the molecule is NC1=C(Cl)C(=O)C(NC2=C(Cl)C(=O)c3ccccc3C2=O)=C(Cl)C1=O.